The molecule has 1 nitrogen and oxygen atoms in total. The molecule has 15 heavy (non-hydrogen) atoms. The maximum Gasteiger partial charge on any atom is 0.0522 e. The molecular formula is C13H19BrO. The second-order valence-corrected chi connectivity index (χ2v) is 5.73. The summed E-state index contributed by atoms with van der Waals surface area (Å²) in [5, 5.41) is 9.41. The van der Waals surface area contributed by atoms with Crippen molar-refractivity contribution in [1.29, 1.82) is 0 Å². The second kappa shape index (κ2) is 4.67. The van der Waals surface area contributed by atoms with Crippen LogP contribution in [0.1, 0.15) is 27.7 Å². The van der Waals surface area contributed by atoms with Gasteiger partial charge in [0.1, 0.15) is 0 Å². The fourth-order valence-electron chi connectivity index (χ4n) is 1.80. The summed E-state index contributed by atoms with van der Waals surface area (Å²) >= 11 is 3.51. The first-order valence-electron chi connectivity index (χ1n) is 5.26. The Balaban J connectivity index is 3.18. The molecule has 2 heteroatoms. The smallest absolute Gasteiger partial charge is 0.0522 e. The van der Waals surface area contributed by atoms with E-state index in [9.17, 15) is 5.11 Å². The summed E-state index contributed by atoms with van der Waals surface area (Å²) in [5.41, 5.74) is 2.41. The first kappa shape index (κ1) is 12.7. The minimum absolute atomic E-state index is 0.166. The Bertz CT molecular complexity index is 334. The van der Waals surface area contributed by atoms with E-state index in [1.807, 2.05) is 0 Å². The van der Waals surface area contributed by atoms with Crippen LogP contribution >= 0.6 is 15.9 Å². The van der Waals surface area contributed by atoms with Gasteiger partial charge in [-0.05, 0) is 24.5 Å². The summed E-state index contributed by atoms with van der Waals surface area (Å²) in [6.45, 7) is 8.64. The molecular weight excluding hydrogens is 252 g/mol. The van der Waals surface area contributed by atoms with Crippen molar-refractivity contribution in [3.8, 4) is 0 Å². The molecule has 0 heterocycles. The van der Waals surface area contributed by atoms with E-state index < -0.39 is 0 Å². The Morgan fingerprint density at radius 2 is 2.00 bits per heavy atom. The highest BCUT2D eigenvalue weighted by Crippen LogP contribution is 2.35. The number of allylic oxidation sites excluding steroid dienone is 5. The van der Waals surface area contributed by atoms with Gasteiger partial charge >= 0.3 is 0 Å². The van der Waals surface area contributed by atoms with Crippen molar-refractivity contribution in [2.45, 2.75) is 27.7 Å². The van der Waals surface area contributed by atoms with E-state index in [-0.39, 0.29) is 12.0 Å². The van der Waals surface area contributed by atoms with Gasteiger partial charge in [-0.3, -0.25) is 0 Å². The normalized spacial score (nSPS) is 22.8. The molecule has 1 aliphatic carbocycles. The maximum atomic E-state index is 9.41. The van der Waals surface area contributed by atoms with Gasteiger partial charge in [-0.15, -0.1) is 0 Å². The van der Waals surface area contributed by atoms with Crippen LogP contribution in [0.2, 0.25) is 0 Å². The van der Waals surface area contributed by atoms with Crippen molar-refractivity contribution in [2.75, 3.05) is 6.61 Å². The van der Waals surface area contributed by atoms with Gasteiger partial charge in [-0.1, -0.05) is 54.4 Å². The first-order valence-corrected chi connectivity index (χ1v) is 6.05. The monoisotopic (exact) mass is 270 g/mol. The molecule has 0 saturated heterocycles. The Hall–Kier alpha value is -0.340. The molecule has 0 aromatic heterocycles. The van der Waals surface area contributed by atoms with Crippen molar-refractivity contribution < 1.29 is 5.11 Å². The predicted octanol–water partition coefficient (Wildman–Crippen LogP) is 3.81. The SMILES string of the molecule is CC1=C(C(C)(C)CO)C=CC(Br)=CC1C. The Morgan fingerprint density at radius 1 is 1.40 bits per heavy atom. The summed E-state index contributed by atoms with van der Waals surface area (Å²) in [6.07, 6.45) is 6.35. The molecule has 0 aromatic carbocycles. The summed E-state index contributed by atoms with van der Waals surface area (Å²) in [6, 6.07) is 0. The van der Waals surface area contributed by atoms with E-state index in [0.717, 1.165) is 4.48 Å². The Morgan fingerprint density at radius 3 is 2.53 bits per heavy atom. The molecule has 84 valence electrons. The van der Waals surface area contributed by atoms with Crippen LogP contribution in [0.15, 0.2) is 33.9 Å². The summed E-state index contributed by atoms with van der Waals surface area (Å²) in [5.74, 6) is 0.412. The van der Waals surface area contributed by atoms with Crippen LogP contribution in [0.25, 0.3) is 0 Å². The van der Waals surface area contributed by atoms with E-state index in [1.54, 1.807) is 0 Å². The molecule has 0 amide bonds. The van der Waals surface area contributed by atoms with Crippen LogP contribution in [-0.4, -0.2) is 11.7 Å². The molecule has 1 N–H and O–H groups in total. The second-order valence-electron chi connectivity index (χ2n) is 4.81. The summed E-state index contributed by atoms with van der Waals surface area (Å²) < 4.78 is 1.11. The number of hydrogen-bond donors (Lipinski definition) is 1. The van der Waals surface area contributed by atoms with E-state index in [0.29, 0.717) is 5.92 Å². The van der Waals surface area contributed by atoms with E-state index >= 15 is 0 Å². The number of aliphatic hydroxyl groups is 1. The highest BCUT2D eigenvalue weighted by atomic mass is 79.9. The lowest BCUT2D eigenvalue weighted by atomic mass is 9.80. The van der Waals surface area contributed by atoms with Crippen LogP contribution in [0, 0.1) is 11.3 Å². The quantitative estimate of drug-likeness (QED) is 0.809. The molecule has 1 aliphatic rings. The van der Waals surface area contributed by atoms with Gasteiger partial charge in [0, 0.05) is 9.90 Å². The zero-order valence-corrected chi connectivity index (χ0v) is 11.4. The van der Waals surface area contributed by atoms with Gasteiger partial charge in [0.15, 0.2) is 0 Å². The lowest BCUT2D eigenvalue weighted by Crippen LogP contribution is -2.20. The molecule has 0 saturated carbocycles. The minimum Gasteiger partial charge on any atom is -0.395 e. The lowest BCUT2D eigenvalue weighted by Gasteiger charge is -2.26. The predicted molar refractivity (Wildman–Crippen MR) is 68.9 cm³/mol. The van der Waals surface area contributed by atoms with Crippen molar-refractivity contribution in [2.24, 2.45) is 11.3 Å². The van der Waals surface area contributed by atoms with Crippen molar-refractivity contribution in [3.05, 3.63) is 33.9 Å². The third kappa shape index (κ3) is 2.82. The number of rotatable bonds is 2. The molecule has 0 spiro atoms. The molecule has 0 aliphatic heterocycles. The molecule has 0 aromatic rings. The van der Waals surface area contributed by atoms with Crippen LogP contribution < -0.4 is 0 Å². The topological polar surface area (TPSA) is 20.2 Å². The maximum absolute atomic E-state index is 9.41. The van der Waals surface area contributed by atoms with Crippen molar-refractivity contribution >= 4 is 15.9 Å². The minimum atomic E-state index is -0.166. The molecule has 1 rings (SSSR count). The Labute approximate surface area is 101 Å². The van der Waals surface area contributed by atoms with Gasteiger partial charge in [-0.25, -0.2) is 0 Å². The highest BCUT2D eigenvalue weighted by molar-refractivity contribution is 9.11. The number of hydrogen-bond acceptors (Lipinski definition) is 1. The van der Waals surface area contributed by atoms with E-state index in [4.69, 9.17) is 0 Å². The molecule has 0 fully saturated rings. The molecule has 1 unspecified atom stereocenters. The third-order valence-corrected chi connectivity index (χ3v) is 3.58. The van der Waals surface area contributed by atoms with Crippen LogP contribution in [0.4, 0.5) is 0 Å². The fourth-order valence-corrected chi connectivity index (χ4v) is 2.33. The average molecular weight is 271 g/mol. The molecule has 0 bridgehead atoms. The summed E-state index contributed by atoms with van der Waals surface area (Å²) in [7, 11) is 0. The van der Waals surface area contributed by atoms with Gasteiger partial charge in [0.2, 0.25) is 0 Å². The Kier molecular flexibility index (Phi) is 3.96. The standard InChI is InChI=1S/C13H19BrO/c1-9-7-11(14)5-6-12(10(9)2)13(3,4)8-15/h5-7,9,15H,8H2,1-4H3. The van der Waals surface area contributed by atoms with Crippen LogP contribution in [0.5, 0.6) is 0 Å². The largest absolute Gasteiger partial charge is 0.395 e. The van der Waals surface area contributed by atoms with Crippen LogP contribution in [-0.2, 0) is 0 Å². The summed E-state index contributed by atoms with van der Waals surface area (Å²) in [4.78, 5) is 0. The van der Waals surface area contributed by atoms with Gasteiger partial charge in [0.05, 0.1) is 6.61 Å². The van der Waals surface area contributed by atoms with Gasteiger partial charge in [0.25, 0.3) is 0 Å². The van der Waals surface area contributed by atoms with Gasteiger partial charge < -0.3 is 5.11 Å². The highest BCUT2D eigenvalue weighted by Gasteiger charge is 2.24. The number of aliphatic hydroxyl groups excluding tert-OH is 1. The lowest BCUT2D eigenvalue weighted by molar-refractivity contribution is 0.191. The fraction of sp³-hybridized carbons (Fsp3) is 0.538. The molecule has 0 radical (unpaired) electrons. The average Bonchev–Trinajstić information content (AvgIpc) is 2.28. The third-order valence-electron chi connectivity index (χ3n) is 3.05. The van der Waals surface area contributed by atoms with E-state index in [1.165, 1.54) is 11.1 Å². The van der Waals surface area contributed by atoms with Gasteiger partial charge in [-0.2, -0.15) is 0 Å². The van der Waals surface area contributed by atoms with E-state index in [2.05, 4.69) is 61.9 Å². The number of halogens is 1. The molecule has 1 atom stereocenters. The zero-order chi connectivity index (χ0) is 11.6. The van der Waals surface area contributed by atoms with Crippen molar-refractivity contribution in [1.82, 2.24) is 0 Å². The van der Waals surface area contributed by atoms with Crippen molar-refractivity contribution in [3.63, 3.8) is 0 Å². The zero-order valence-electron chi connectivity index (χ0n) is 9.84. The van der Waals surface area contributed by atoms with Crippen LogP contribution in [0.3, 0.4) is 0 Å². The first-order chi connectivity index (χ1) is 6.88.